The van der Waals surface area contributed by atoms with Gasteiger partial charge in [0.2, 0.25) is 0 Å². The molecule has 0 radical (unpaired) electrons. The second kappa shape index (κ2) is 10.9. The fourth-order valence-corrected chi connectivity index (χ4v) is 4.86. The number of carbonyl (C=O) groups is 2. The summed E-state index contributed by atoms with van der Waals surface area (Å²) in [7, 11) is 1.85. The number of ether oxygens (including phenoxy) is 1. The van der Waals surface area contributed by atoms with Crippen molar-refractivity contribution in [3.63, 3.8) is 0 Å². The number of carbonyl (C=O) groups excluding carboxylic acids is 2. The van der Waals surface area contributed by atoms with Crippen LogP contribution < -0.4 is 20.7 Å². The van der Waals surface area contributed by atoms with Gasteiger partial charge >= 0.3 is 0 Å². The largest absolute Gasteiger partial charge is 0.490 e. The normalized spacial score (nSPS) is 13.7. The van der Waals surface area contributed by atoms with E-state index in [4.69, 9.17) is 4.74 Å². The molecule has 3 N–H and O–H groups in total. The molecule has 182 valence electrons. The molecule has 4 heterocycles. The molecule has 4 aromatic rings. The maximum Gasteiger partial charge on any atom is 0.273 e. The van der Waals surface area contributed by atoms with Crippen LogP contribution >= 0.6 is 23.7 Å². The highest BCUT2D eigenvalue weighted by atomic mass is 35.5. The molecule has 2 amide bonds. The number of hydrogen-bond acceptors (Lipinski definition) is 6. The second-order valence-corrected chi connectivity index (χ2v) is 9.14. The Morgan fingerprint density at radius 2 is 1.83 bits per heavy atom. The van der Waals surface area contributed by atoms with Crippen LogP contribution in [0.5, 0.6) is 5.75 Å². The van der Waals surface area contributed by atoms with Crippen molar-refractivity contribution in [1.29, 1.82) is 0 Å². The highest BCUT2D eigenvalue weighted by Crippen LogP contribution is 2.25. The third-order valence-electron chi connectivity index (χ3n) is 5.86. The molecule has 35 heavy (non-hydrogen) atoms. The summed E-state index contributed by atoms with van der Waals surface area (Å²) in [6, 6.07) is 14.4. The third kappa shape index (κ3) is 5.64. The topological polar surface area (TPSA) is 97.3 Å². The number of piperidine rings is 1. The van der Waals surface area contributed by atoms with Gasteiger partial charge in [0.1, 0.15) is 23.4 Å². The van der Waals surface area contributed by atoms with Gasteiger partial charge in [-0.2, -0.15) is 0 Å². The zero-order valence-corrected chi connectivity index (χ0v) is 20.7. The van der Waals surface area contributed by atoms with Gasteiger partial charge < -0.3 is 25.3 Å². The number of anilines is 2. The van der Waals surface area contributed by atoms with E-state index in [2.05, 4.69) is 20.9 Å². The number of rotatable bonds is 6. The summed E-state index contributed by atoms with van der Waals surface area (Å²) in [5.74, 6) is 0.539. The number of pyridine rings is 1. The molecule has 0 saturated carbocycles. The zero-order chi connectivity index (χ0) is 23.5. The molecule has 1 aliphatic heterocycles. The Morgan fingerprint density at radius 1 is 1.06 bits per heavy atom. The number of aromatic nitrogens is 2. The van der Waals surface area contributed by atoms with Gasteiger partial charge in [0.25, 0.3) is 11.8 Å². The van der Waals surface area contributed by atoms with Gasteiger partial charge in [0.15, 0.2) is 0 Å². The van der Waals surface area contributed by atoms with Crippen LogP contribution in [0.1, 0.15) is 33.7 Å². The molecule has 0 bridgehead atoms. The molecule has 3 aromatic heterocycles. The van der Waals surface area contributed by atoms with E-state index in [1.165, 1.54) is 6.20 Å². The lowest BCUT2D eigenvalue weighted by molar-refractivity contribution is 0.101. The van der Waals surface area contributed by atoms with Crippen LogP contribution in [0.4, 0.5) is 11.5 Å². The average Bonchev–Trinajstić information content (AvgIpc) is 3.44. The van der Waals surface area contributed by atoms with Crippen molar-refractivity contribution in [2.45, 2.75) is 18.9 Å². The van der Waals surface area contributed by atoms with Crippen molar-refractivity contribution in [1.82, 2.24) is 14.9 Å². The van der Waals surface area contributed by atoms with Gasteiger partial charge in [0.05, 0.1) is 10.2 Å². The van der Waals surface area contributed by atoms with Crippen LogP contribution in [0, 0.1) is 0 Å². The summed E-state index contributed by atoms with van der Waals surface area (Å²) in [6.07, 6.45) is 3.70. The number of nitrogens with zero attached hydrogens (tertiary/aromatic N) is 2. The minimum absolute atomic E-state index is 0. The van der Waals surface area contributed by atoms with Crippen LogP contribution in [0.3, 0.4) is 0 Å². The first kappa shape index (κ1) is 24.7. The number of hydrogen-bond donors (Lipinski definition) is 3. The number of nitrogens with one attached hydrogen (secondary N) is 3. The maximum absolute atomic E-state index is 12.8. The van der Waals surface area contributed by atoms with E-state index in [-0.39, 0.29) is 30.3 Å². The van der Waals surface area contributed by atoms with Crippen LogP contribution in [0.2, 0.25) is 0 Å². The Kier molecular flexibility index (Phi) is 7.70. The first-order chi connectivity index (χ1) is 16.6. The van der Waals surface area contributed by atoms with Crippen LogP contribution in [0.15, 0.2) is 60.1 Å². The third-order valence-corrected chi connectivity index (χ3v) is 6.71. The van der Waals surface area contributed by atoms with Gasteiger partial charge in [-0.15, -0.1) is 23.7 Å². The predicted octanol–water partition coefficient (Wildman–Crippen LogP) is 4.69. The second-order valence-electron chi connectivity index (χ2n) is 8.19. The smallest absolute Gasteiger partial charge is 0.273 e. The van der Waals surface area contributed by atoms with Gasteiger partial charge in [-0.1, -0.05) is 0 Å². The molecule has 0 unspecified atom stereocenters. The lowest BCUT2D eigenvalue weighted by Crippen LogP contribution is -2.34. The van der Waals surface area contributed by atoms with Crippen molar-refractivity contribution >= 4 is 57.3 Å². The molecular formula is C25H26ClN5O3S. The number of amides is 2. The van der Waals surface area contributed by atoms with Gasteiger partial charge in [-0.3, -0.25) is 9.59 Å². The Balaban J connectivity index is 0.00000289. The Bertz CT molecular complexity index is 1330. The predicted molar refractivity (Wildman–Crippen MR) is 141 cm³/mol. The van der Waals surface area contributed by atoms with Crippen molar-refractivity contribution < 1.29 is 14.3 Å². The number of aryl methyl sites for hydroxylation is 1. The van der Waals surface area contributed by atoms with Crippen molar-refractivity contribution in [2.24, 2.45) is 7.05 Å². The van der Waals surface area contributed by atoms with E-state index in [0.29, 0.717) is 22.8 Å². The Hall–Kier alpha value is -3.40. The zero-order valence-electron chi connectivity index (χ0n) is 19.1. The minimum Gasteiger partial charge on any atom is -0.490 e. The van der Waals surface area contributed by atoms with Crippen LogP contribution in [0.25, 0.3) is 10.2 Å². The van der Waals surface area contributed by atoms with Crippen molar-refractivity contribution in [3.05, 3.63) is 71.4 Å². The minimum atomic E-state index is -0.288. The molecule has 1 aliphatic rings. The molecule has 0 aliphatic carbocycles. The molecule has 10 heteroatoms. The van der Waals surface area contributed by atoms with Gasteiger partial charge in [-0.25, -0.2) is 4.98 Å². The summed E-state index contributed by atoms with van der Waals surface area (Å²) in [4.78, 5) is 29.7. The monoisotopic (exact) mass is 511 g/mol. The first-order valence-electron chi connectivity index (χ1n) is 11.2. The summed E-state index contributed by atoms with van der Waals surface area (Å²) < 4.78 is 8.90. The first-order valence-corrected chi connectivity index (χ1v) is 12.0. The fraction of sp³-hybridized carbons (Fsp3) is 0.240. The summed E-state index contributed by atoms with van der Waals surface area (Å²) in [6.45, 7) is 1.94. The quantitative estimate of drug-likeness (QED) is 0.349. The lowest BCUT2D eigenvalue weighted by Gasteiger charge is -2.23. The van der Waals surface area contributed by atoms with E-state index in [9.17, 15) is 9.59 Å². The Labute approximate surface area is 213 Å². The average molecular weight is 512 g/mol. The standard InChI is InChI=1S/C25H25N5O3S.ClH/c1-30-20-9-13-34-22(20)15-21(30)25(32)29-23-14-16(6-12-27-23)24(31)28-17-2-4-18(5-3-17)33-19-7-10-26-11-8-19;/h2-6,9,12-15,19,26H,7-8,10-11H2,1H3,(H,28,31)(H,27,29,32);1H. The fourth-order valence-electron chi connectivity index (χ4n) is 4.01. The molecule has 0 spiro atoms. The summed E-state index contributed by atoms with van der Waals surface area (Å²) >= 11 is 1.58. The molecule has 1 aromatic carbocycles. The number of fused-ring (bicyclic) bond motifs is 1. The molecule has 8 nitrogen and oxygen atoms in total. The van der Waals surface area contributed by atoms with E-state index in [0.717, 1.165) is 41.9 Å². The van der Waals surface area contributed by atoms with Crippen LogP contribution in [-0.4, -0.2) is 40.6 Å². The maximum atomic E-state index is 12.8. The number of benzene rings is 1. The highest BCUT2D eigenvalue weighted by Gasteiger charge is 2.17. The lowest BCUT2D eigenvalue weighted by atomic mass is 10.1. The summed E-state index contributed by atoms with van der Waals surface area (Å²) in [5, 5.41) is 11.0. The molecule has 1 saturated heterocycles. The molecule has 1 fully saturated rings. The van der Waals surface area contributed by atoms with Gasteiger partial charge in [0, 0.05) is 24.5 Å². The van der Waals surface area contributed by atoms with E-state index in [1.807, 2.05) is 53.4 Å². The number of thiophene rings is 1. The Morgan fingerprint density at radius 3 is 2.57 bits per heavy atom. The van der Waals surface area contributed by atoms with E-state index >= 15 is 0 Å². The highest BCUT2D eigenvalue weighted by molar-refractivity contribution is 7.17. The van der Waals surface area contributed by atoms with Crippen LogP contribution in [-0.2, 0) is 7.05 Å². The molecule has 0 atom stereocenters. The molecular weight excluding hydrogens is 486 g/mol. The van der Waals surface area contributed by atoms with Crippen molar-refractivity contribution in [3.8, 4) is 5.75 Å². The SMILES string of the molecule is Cl.Cn1c(C(=O)Nc2cc(C(=O)Nc3ccc(OC4CCNCC4)cc3)ccn2)cc2sccc21. The number of halogens is 1. The van der Waals surface area contributed by atoms with Crippen molar-refractivity contribution in [2.75, 3.05) is 23.7 Å². The molecule has 5 rings (SSSR count). The van der Waals surface area contributed by atoms with E-state index < -0.39 is 0 Å². The van der Waals surface area contributed by atoms with Gasteiger partial charge in [-0.05, 0) is 79.8 Å². The van der Waals surface area contributed by atoms with E-state index in [1.54, 1.807) is 23.5 Å². The summed E-state index contributed by atoms with van der Waals surface area (Å²) in [5.41, 5.74) is 2.59.